The molecule has 20 heavy (non-hydrogen) atoms. The Kier molecular flexibility index (Phi) is 5.18. The molecule has 0 spiro atoms. The molecule has 1 fully saturated rings. The number of aryl methyl sites for hydroxylation is 1. The van der Waals surface area contributed by atoms with Gasteiger partial charge < -0.3 is 10.6 Å². The van der Waals surface area contributed by atoms with Gasteiger partial charge in [-0.05, 0) is 44.7 Å². The summed E-state index contributed by atoms with van der Waals surface area (Å²) >= 11 is 0. The Morgan fingerprint density at radius 1 is 1.45 bits per heavy atom. The van der Waals surface area contributed by atoms with Gasteiger partial charge in [0.15, 0.2) is 0 Å². The van der Waals surface area contributed by atoms with Crippen LogP contribution in [0.25, 0.3) is 0 Å². The maximum atomic E-state index is 12.4. The van der Waals surface area contributed by atoms with E-state index in [0.29, 0.717) is 0 Å². The SMILES string of the molecule is CCCC1(C(=O)NCCc2cccc(C)c2)CCCN1. The van der Waals surface area contributed by atoms with E-state index in [0.717, 1.165) is 45.2 Å². The summed E-state index contributed by atoms with van der Waals surface area (Å²) in [5.74, 6) is 0.185. The fraction of sp³-hybridized carbons (Fsp3) is 0.588. The third-order valence-corrected chi connectivity index (χ3v) is 4.14. The molecule has 2 rings (SSSR count). The first kappa shape index (κ1) is 15.0. The van der Waals surface area contributed by atoms with Gasteiger partial charge in [-0.15, -0.1) is 0 Å². The first-order valence-corrected chi connectivity index (χ1v) is 7.75. The molecule has 1 aromatic carbocycles. The fourth-order valence-corrected chi connectivity index (χ4v) is 3.11. The van der Waals surface area contributed by atoms with Gasteiger partial charge in [0.2, 0.25) is 5.91 Å². The quantitative estimate of drug-likeness (QED) is 0.837. The van der Waals surface area contributed by atoms with E-state index in [9.17, 15) is 4.79 Å². The van der Waals surface area contributed by atoms with Crippen molar-refractivity contribution in [3.63, 3.8) is 0 Å². The van der Waals surface area contributed by atoms with Gasteiger partial charge in [-0.3, -0.25) is 4.79 Å². The lowest BCUT2D eigenvalue weighted by Crippen LogP contribution is -2.53. The molecule has 3 heteroatoms. The highest BCUT2D eigenvalue weighted by molar-refractivity contribution is 5.86. The molecule has 1 heterocycles. The first-order valence-electron chi connectivity index (χ1n) is 7.75. The van der Waals surface area contributed by atoms with Crippen LogP contribution in [0.3, 0.4) is 0 Å². The van der Waals surface area contributed by atoms with Crippen molar-refractivity contribution in [2.45, 2.75) is 51.5 Å². The molecule has 0 aromatic heterocycles. The van der Waals surface area contributed by atoms with Crippen molar-refractivity contribution in [1.29, 1.82) is 0 Å². The molecule has 2 N–H and O–H groups in total. The molecule has 1 aliphatic heterocycles. The van der Waals surface area contributed by atoms with E-state index in [2.05, 4.69) is 48.7 Å². The number of rotatable bonds is 6. The summed E-state index contributed by atoms with van der Waals surface area (Å²) in [6.07, 6.45) is 4.94. The molecular weight excluding hydrogens is 248 g/mol. The Hall–Kier alpha value is -1.35. The maximum absolute atomic E-state index is 12.4. The topological polar surface area (TPSA) is 41.1 Å². The molecule has 1 aliphatic rings. The molecule has 1 amide bonds. The smallest absolute Gasteiger partial charge is 0.240 e. The number of nitrogens with one attached hydrogen (secondary N) is 2. The van der Waals surface area contributed by atoms with Crippen molar-refractivity contribution in [3.8, 4) is 0 Å². The van der Waals surface area contributed by atoms with E-state index in [1.807, 2.05) is 0 Å². The Balaban J connectivity index is 1.85. The summed E-state index contributed by atoms with van der Waals surface area (Å²) in [5.41, 5.74) is 2.25. The van der Waals surface area contributed by atoms with Gasteiger partial charge in [0.05, 0.1) is 5.54 Å². The zero-order valence-corrected chi connectivity index (χ0v) is 12.7. The van der Waals surface area contributed by atoms with Gasteiger partial charge in [0.25, 0.3) is 0 Å². The number of hydrogen-bond donors (Lipinski definition) is 2. The van der Waals surface area contributed by atoms with Crippen LogP contribution in [0.1, 0.15) is 43.7 Å². The summed E-state index contributed by atoms with van der Waals surface area (Å²) in [6.45, 7) is 5.92. The number of amides is 1. The number of benzene rings is 1. The highest BCUT2D eigenvalue weighted by Gasteiger charge is 2.39. The largest absolute Gasteiger partial charge is 0.354 e. The lowest BCUT2D eigenvalue weighted by atomic mass is 9.91. The minimum atomic E-state index is -0.304. The average Bonchev–Trinajstić information content (AvgIpc) is 2.89. The summed E-state index contributed by atoms with van der Waals surface area (Å²) in [4.78, 5) is 12.4. The van der Waals surface area contributed by atoms with E-state index >= 15 is 0 Å². The van der Waals surface area contributed by atoms with Crippen LogP contribution in [0.15, 0.2) is 24.3 Å². The van der Waals surface area contributed by atoms with Crippen LogP contribution in [0.2, 0.25) is 0 Å². The Morgan fingerprint density at radius 3 is 2.95 bits per heavy atom. The van der Waals surface area contributed by atoms with E-state index in [-0.39, 0.29) is 11.4 Å². The van der Waals surface area contributed by atoms with Crippen molar-refractivity contribution < 1.29 is 4.79 Å². The minimum absolute atomic E-state index is 0.185. The first-order chi connectivity index (χ1) is 9.66. The fourth-order valence-electron chi connectivity index (χ4n) is 3.11. The van der Waals surface area contributed by atoms with Crippen LogP contribution in [0.4, 0.5) is 0 Å². The molecule has 1 unspecified atom stereocenters. The summed E-state index contributed by atoms with van der Waals surface area (Å²) in [6, 6.07) is 8.47. The summed E-state index contributed by atoms with van der Waals surface area (Å²) in [5, 5.41) is 6.53. The molecule has 3 nitrogen and oxygen atoms in total. The Bertz CT molecular complexity index is 450. The van der Waals surface area contributed by atoms with Crippen molar-refractivity contribution >= 4 is 5.91 Å². The van der Waals surface area contributed by atoms with E-state index in [4.69, 9.17) is 0 Å². The average molecular weight is 274 g/mol. The monoisotopic (exact) mass is 274 g/mol. The van der Waals surface area contributed by atoms with Gasteiger partial charge in [-0.1, -0.05) is 43.2 Å². The van der Waals surface area contributed by atoms with Crippen molar-refractivity contribution in [2.75, 3.05) is 13.1 Å². The zero-order chi connectivity index (χ0) is 14.4. The molecule has 0 aliphatic carbocycles. The van der Waals surface area contributed by atoms with Crippen LogP contribution >= 0.6 is 0 Å². The molecule has 110 valence electrons. The second kappa shape index (κ2) is 6.89. The maximum Gasteiger partial charge on any atom is 0.240 e. The van der Waals surface area contributed by atoms with Crippen LogP contribution in [0.5, 0.6) is 0 Å². The molecular formula is C17H26N2O. The zero-order valence-electron chi connectivity index (χ0n) is 12.7. The molecule has 0 radical (unpaired) electrons. The second-order valence-corrected chi connectivity index (χ2v) is 5.86. The minimum Gasteiger partial charge on any atom is -0.354 e. The highest BCUT2D eigenvalue weighted by atomic mass is 16.2. The van der Waals surface area contributed by atoms with Crippen LogP contribution < -0.4 is 10.6 Å². The van der Waals surface area contributed by atoms with Crippen molar-refractivity contribution in [1.82, 2.24) is 10.6 Å². The van der Waals surface area contributed by atoms with Gasteiger partial charge in [0, 0.05) is 6.54 Å². The molecule has 1 atom stereocenters. The third-order valence-electron chi connectivity index (χ3n) is 4.14. The molecule has 0 bridgehead atoms. The van der Waals surface area contributed by atoms with Crippen molar-refractivity contribution in [2.24, 2.45) is 0 Å². The van der Waals surface area contributed by atoms with Gasteiger partial charge >= 0.3 is 0 Å². The lowest BCUT2D eigenvalue weighted by Gasteiger charge is -2.27. The summed E-state index contributed by atoms with van der Waals surface area (Å²) < 4.78 is 0. The highest BCUT2D eigenvalue weighted by Crippen LogP contribution is 2.24. The predicted octanol–water partition coefficient (Wildman–Crippen LogP) is 2.58. The standard InChI is InChI=1S/C17H26N2O/c1-3-9-17(10-5-11-19-17)16(20)18-12-8-15-7-4-6-14(2)13-15/h4,6-7,13,19H,3,5,8-12H2,1-2H3,(H,18,20). The lowest BCUT2D eigenvalue weighted by molar-refractivity contribution is -0.127. The number of hydrogen-bond acceptors (Lipinski definition) is 2. The summed E-state index contributed by atoms with van der Waals surface area (Å²) in [7, 11) is 0. The number of carbonyl (C=O) groups excluding carboxylic acids is 1. The second-order valence-electron chi connectivity index (χ2n) is 5.86. The van der Waals surface area contributed by atoms with Crippen LogP contribution in [-0.2, 0) is 11.2 Å². The Labute approximate surface area is 122 Å². The van der Waals surface area contributed by atoms with Gasteiger partial charge in [0.1, 0.15) is 0 Å². The number of carbonyl (C=O) groups is 1. The molecule has 1 saturated heterocycles. The Morgan fingerprint density at radius 2 is 2.30 bits per heavy atom. The van der Waals surface area contributed by atoms with Crippen LogP contribution in [0, 0.1) is 6.92 Å². The van der Waals surface area contributed by atoms with E-state index in [1.54, 1.807) is 0 Å². The third kappa shape index (κ3) is 3.60. The van der Waals surface area contributed by atoms with E-state index < -0.39 is 0 Å². The van der Waals surface area contributed by atoms with Gasteiger partial charge in [-0.2, -0.15) is 0 Å². The van der Waals surface area contributed by atoms with E-state index in [1.165, 1.54) is 11.1 Å². The van der Waals surface area contributed by atoms with Gasteiger partial charge in [-0.25, -0.2) is 0 Å². The van der Waals surface area contributed by atoms with Crippen LogP contribution in [-0.4, -0.2) is 24.5 Å². The predicted molar refractivity (Wildman–Crippen MR) is 82.8 cm³/mol. The normalized spacial score (nSPS) is 21.9. The van der Waals surface area contributed by atoms with Crippen molar-refractivity contribution in [3.05, 3.63) is 35.4 Å². The molecule has 0 saturated carbocycles. The molecule has 1 aromatic rings.